The Hall–Kier alpha value is -3.12. The Balaban J connectivity index is 1.38. The first kappa shape index (κ1) is 25.5. The number of hydrogen-bond donors (Lipinski definition) is 0. The molecule has 0 N–H and O–H groups in total. The molecule has 2 atom stereocenters. The largest absolute Gasteiger partial charge is 0.481 e. The summed E-state index contributed by atoms with van der Waals surface area (Å²) in [5.74, 6) is 1.19. The van der Waals surface area contributed by atoms with Crippen molar-refractivity contribution in [3.8, 4) is 5.75 Å². The SMILES string of the molecule is C=CCN1CCN(C(=O)[C@@H](CC)Oc2ccc3c(c2)[C@@H](c2cccc(C)c2)N(C(=O)C2CC2)CC3)CC1. The number of carbonyl (C=O) groups is 2. The van der Waals surface area contributed by atoms with E-state index in [4.69, 9.17) is 4.74 Å². The van der Waals surface area contributed by atoms with Gasteiger partial charge in [-0.05, 0) is 61.4 Å². The van der Waals surface area contributed by atoms with Gasteiger partial charge in [-0.1, -0.05) is 48.9 Å². The lowest BCUT2D eigenvalue weighted by Crippen LogP contribution is -2.52. The highest BCUT2D eigenvalue weighted by Gasteiger charge is 2.40. The van der Waals surface area contributed by atoms with Crippen LogP contribution in [0.1, 0.15) is 54.5 Å². The lowest BCUT2D eigenvalue weighted by molar-refractivity contribution is -0.140. The average molecular weight is 502 g/mol. The Bertz CT molecular complexity index is 1150. The maximum atomic E-state index is 13.3. The second-order valence-corrected chi connectivity index (χ2v) is 10.7. The third-order valence-corrected chi connectivity index (χ3v) is 7.91. The van der Waals surface area contributed by atoms with Crippen LogP contribution in [0.2, 0.25) is 0 Å². The summed E-state index contributed by atoms with van der Waals surface area (Å²) < 4.78 is 6.36. The van der Waals surface area contributed by atoms with E-state index in [0.717, 1.165) is 56.6 Å². The van der Waals surface area contributed by atoms with Crippen LogP contribution in [0.5, 0.6) is 5.75 Å². The van der Waals surface area contributed by atoms with Crippen LogP contribution in [-0.2, 0) is 16.0 Å². The minimum atomic E-state index is -0.519. The van der Waals surface area contributed by atoms with Gasteiger partial charge in [0.15, 0.2) is 6.10 Å². The van der Waals surface area contributed by atoms with Crippen molar-refractivity contribution >= 4 is 11.8 Å². The molecule has 1 saturated heterocycles. The zero-order valence-electron chi connectivity index (χ0n) is 22.2. The molecule has 0 aromatic heterocycles. The van der Waals surface area contributed by atoms with Crippen molar-refractivity contribution in [1.82, 2.24) is 14.7 Å². The third kappa shape index (κ3) is 5.59. The molecular weight excluding hydrogens is 462 g/mol. The number of ether oxygens (including phenoxy) is 1. The maximum absolute atomic E-state index is 13.3. The first-order chi connectivity index (χ1) is 18.0. The highest BCUT2D eigenvalue weighted by Crippen LogP contribution is 2.41. The van der Waals surface area contributed by atoms with E-state index in [1.54, 1.807) is 0 Å². The molecule has 2 amide bonds. The molecule has 5 rings (SSSR count). The van der Waals surface area contributed by atoms with Gasteiger partial charge in [0.05, 0.1) is 6.04 Å². The molecule has 1 saturated carbocycles. The van der Waals surface area contributed by atoms with Gasteiger partial charge in [-0.15, -0.1) is 6.58 Å². The fourth-order valence-corrected chi connectivity index (χ4v) is 5.68. The highest BCUT2D eigenvalue weighted by atomic mass is 16.5. The standard InChI is InChI=1S/C31H39N3O3/c1-4-14-32-16-18-33(19-17-32)31(36)28(5-2)37-26-12-11-23-13-15-34(30(35)24-9-10-24)29(27(23)21-26)25-8-6-7-22(3)20-25/h4,6-8,11-12,20-21,24,28-29H,1,5,9-10,13-19H2,2-3H3/t28-,29-/m1/s1. The molecule has 2 aromatic rings. The van der Waals surface area contributed by atoms with E-state index in [1.165, 1.54) is 11.1 Å². The van der Waals surface area contributed by atoms with Crippen molar-refractivity contribution in [2.75, 3.05) is 39.3 Å². The van der Waals surface area contributed by atoms with Crippen LogP contribution in [0.25, 0.3) is 0 Å². The van der Waals surface area contributed by atoms with Crippen LogP contribution in [0.3, 0.4) is 0 Å². The van der Waals surface area contributed by atoms with Gasteiger partial charge in [-0.25, -0.2) is 0 Å². The predicted octanol–water partition coefficient (Wildman–Crippen LogP) is 4.37. The van der Waals surface area contributed by atoms with Crippen LogP contribution < -0.4 is 4.74 Å². The van der Waals surface area contributed by atoms with E-state index in [2.05, 4.69) is 59.7 Å². The van der Waals surface area contributed by atoms with Gasteiger partial charge in [-0.2, -0.15) is 0 Å². The summed E-state index contributed by atoms with van der Waals surface area (Å²) in [6.07, 6.45) is 4.82. The Morgan fingerprint density at radius 2 is 1.86 bits per heavy atom. The van der Waals surface area contributed by atoms with Gasteiger partial charge in [0, 0.05) is 45.2 Å². The van der Waals surface area contributed by atoms with Crippen LogP contribution >= 0.6 is 0 Å². The second-order valence-electron chi connectivity index (χ2n) is 10.7. The highest BCUT2D eigenvalue weighted by molar-refractivity contribution is 5.83. The van der Waals surface area contributed by atoms with E-state index >= 15 is 0 Å². The zero-order chi connectivity index (χ0) is 25.9. The number of piperazine rings is 1. The smallest absolute Gasteiger partial charge is 0.263 e. The molecule has 2 fully saturated rings. The molecule has 2 aliphatic heterocycles. The topological polar surface area (TPSA) is 53.1 Å². The van der Waals surface area contributed by atoms with E-state index in [1.807, 2.05) is 24.0 Å². The number of rotatable bonds is 8. The van der Waals surface area contributed by atoms with Crippen LogP contribution in [-0.4, -0.2) is 71.9 Å². The van der Waals surface area contributed by atoms with Gasteiger partial charge in [0.1, 0.15) is 5.75 Å². The van der Waals surface area contributed by atoms with Crippen LogP contribution in [0.15, 0.2) is 55.1 Å². The van der Waals surface area contributed by atoms with Crippen LogP contribution in [0, 0.1) is 12.8 Å². The molecule has 37 heavy (non-hydrogen) atoms. The average Bonchev–Trinajstić information content (AvgIpc) is 3.76. The van der Waals surface area contributed by atoms with E-state index < -0.39 is 6.10 Å². The summed E-state index contributed by atoms with van der Waals surface area (Å²) in [6.45, 7) is 12.6. The van der Waals surface area contributed by atoms with Crippen LogP contribution in [0.4, 0.5) is 0 Å². The van der Waals surface area contributed by atoms with E-state index in [0.29, 0.717) is 25.3 Å². The lowest BCUT2D eigenvalue weighted by Gasteiger charge is -2.38. The fourth-order valence-electron chi connectivity index (χ4n) is 5.68. The minimum Gasteiger partial charge on any atom is -0.481 e. The molecule has 6 nitrogen and oxygen atoms in total. The quantitative estimate of drug-likeness (QED) is 0.504. The predicted molar refractivity (Wildman–Crippen MR) is 146 cm³/mol. The fraction of sp³-hybridized carbons (Fsp3) is 0.484. The normalized spacial score (nSPS) is 20.8. The number of benzene rings is 2. The van der Waals surface area contributed by atoms with Crippen molar-refractivity contribution in [3.63, 3.8) is 0 Å². The van der Waals surface area contributed by atoms with Gasteiger partial charge >= 0.3 is 0 Å². The maximum Gasteiger partial charge on any atom is 0.263 e. The summed E-state index contributed by atoms with van der Waals surface area (Å²) in [7, 11) is 0. The molecular formula is C31H39N3O3. The molecule has 6 heteroatoms. The van der Waals surface area contributed by atoms with Crippen molar-refractivity contribution in [2.24, 2.45) is 5.92 Å². The van der Waals surface area contributed by atoms with Gasteiger partial charge in [0.25, 0.3) is 5.91 Å². The Kier molecular flexibility index (Phi) is 7.65. The number of fused-ring (bicyclic) bond motifs is 1. The molecule has 2 aromatic carbocycles. The van der Waals surface area contributed by atoms with Gasteiger partial charge in [0.2, 0.25) is 5.91 Å². The number of nitrogens with zero attached hydrogens (tertiary/aromatic N) is 3. The summed E-state index contributed by atoms with van der Waals surface area (Å²) >= 11 is 0. The van der Waals surface area contributed by atoms with Crippen molar-refractivity contribution in [3.05, 3.63) is 77.4 Å². The summed E-state index contributed by atoms with van der Waals surface area (Å²) in [4.78, 5) is 33.0. The second kappa shape index (κ2) is 11.1. The van der Waals surface area contributed by atoms with Gasteiger partial charge in [-0.3, -0.25) is 14.5 Å². The Morgan fingerprint density at radius 1 is 1.08 bits per heavy atom. The summed E-state index contributed by atoms with van der Waals surface area (Å²) in [5.41, 5.74) is 4.67. The minimum absolute atomic E-state index is 0.0549. The molecule has 1 aliphatic carbocycles. The number of amides is 2. The summed E-state index contributed by atoms with van der Waals surface area (Å²) in [5, 5.41) is 0. The number of carbonyl (C=O) groups excluding carboxylic acids is 2. The van der Waals surface area contributed by atoms with E-state index in [9.17, 15) is 9.59 Å². The lowest BCUT2D eigenvalue weighted by atomic mass is 9.87. The van der Waals surface area contributed by atoms with E-state index in [-0.39, 0.29) is 23.8 Å². The number of hydrogen-bond acceptors (Lipinski definition) is 4. The first-order valence-corrected chi connectivity index (χ1v) is 13.8. The molecule has 3 aliphatic rings. The molecule has 0 bridgehead atoms. The van der Waals surface area contributed by atoms with Crippen molar-refractivity contribution < 1.29 is 14.3 Å². The zero-order valence-corrected chi connectivity index (χ0v) is 22.2. The van der Waals surface area contributed by atoms with Gasteiger partial charge < -0.3 is 14.5 Å². The first-order valence-electron chi connectivity index (χ1n) is 13.8. The molecule has 0 radical (unpaired) electrons. The molecule has 2 heterocycles. The summed E-state index contributed by atoms with van der Waals surface area (Å²) in [6, 6.07) is 14.5. The molecule has 0 unspecified atom stereocenters. The monoisotopic (exact) mass is 501 g/mol. The third-order valence-electron chi connectivity index (χ3n) is 7.91. The van der Waals surface area contributed by atoms with Crippen molar-refractivity contribution in [2.45, 2.75) is 51.7 Å². The molecule has 0 spiro atoms. The van der Waals surface area contributed by atoms with Crippen molar-refractivity contribution in [1.29, 1.82) is 0 Å². The number of aryl methyl sites for hydroxylation is 1. The Morgan fingerprint density at radius 3 is 2.54 bits per heavy atom. The molecule has 196 valence electrons. The Labute approximate surface area is 220 Å².